The molecule has 18 heavy (non-hydrogen) atoms. The zero-order chi connectivity index (χ0) is 13.1. The fourth-order valence-corrected chi connectivity index (χ4v) is 2.41. The maximum atomic E-state index is 12.5. The summed E-state index contributed by atoms with van der Waals surface area (Å²) in [6.07, 6.45) is 0. The van der Waals surface area contributed by atoms with Gasteiger partial charge in [-0.1, -0.05) is 18.2 Å². The zero-order valence-electron chi connectivity index (χ0n) is 11.3. The largest absolute Gasteiger partial charge is 0.318 e. The average Bonchev–Trinajstić information content (AvgIpc) is 2.40. The van der Waals surface area contributed by atoms with Gasteiger partial charge in [-0.3, -0.25) is 9.69 Å². The molecule has 0 aliphatic carbocycles. The van der Waals surface area contributed by atoms with Crippen molar-refractivity contribution in [3.05, 3.63) is 30.3 Å². The lowest BCUT2D eigenvalue weighted by molar-refractivity contribution is -0.126. The summed E-state index contributed by atoms with van der Waals surface area (Å²) in [5.41, 5.74) is 0.989. The molecule has 2 unspecified atom stereocenters. The van der Waals surface area contributed by atoms with Crippen LogP contribution in [0.25, 0.3) is 0 Å². The smallest absolute Gasteiger partial charge is 0.245 e. The second-order valence-corrected chi connectivity index (χ2v) is 4.87. The molecule has 1 N–H and O–H groups in total. The molecule has 1 aliphatic heterocycles. The van der Waals surface area contributed by atoms with E-state index in [1.807, 2.05) is 49.3 Å². The number of carbonyl (C=O) groups excluding carboxylic acids is 1. The summed E-state index contributed by atoms with van der Waals surface area (Å²) in [7, 11) is 3.90. The van der Waals surface area contributed by atoms with Crippen molar-refractivity contribution in [3.8, 4) is 0 Å². The third-order valence-corrected chi connectivity index (χ3v) is 3.65. The Kier molecular flexibility index (Phi) is 3.99. The lowest BCUT2D eigenvalue weighted by Gasteiger charge is -2.43. The van der Waals surface area contributed by atoms with Gasteiger partial charge in [-0.25, -0.2) is 0 Å². The Morgan fingerprint density at radius 2 is 2.00 bits per heavy atom. The Balaban J connectivity index is 2.24. The minimum Gasteiger partial charge on any atom is -0.318 e. The number of nitrogens with zero attached hydrogens (tertiary/aromatic N) is 2. The Morgan fingerprint density at radius 1 is 1.33 bits per heavy atom. The Morgan fingerprint density at radius 3 is 2.61 bits per heavy atom. The van der Waals surface area contributed by atoms with Crippen LogP contribution in [0.15, 0.2) is 30.3 Å². The average molecular weight is 247 g/mol. The van der Waals surface area contributed by atoms with Crippen molar-refractivity contribution >= 4 is 11.6 Å². The molecule has 1 aliphatic rings. The molecule has 1 fully saturated rings. The van der Waals surface area contributed by atoms with E-state index in [2.05, 4.69) is 17.1 Å². The first-order valence-electron chi connectivity index (χ1n) is 6.38. The van der Waals surface area contributed by atoms with Crippen LogP contribution < -0.4 is 10.2 Å². The molecule has 2 atom stereocenters. The summed E-state index contributed by atoms with van der Waals surface area (Å²) in [4.78, 5) is 16.6. The number of hydrogen-bond acceptors (Lipinski definition) is 3. The molecule has 4 heteroatoms. The normalized spacial score (nSPS) is 25.5. The predicted octanol–water partition coefficient (Wildman–Crippen LogP) is 0.941. The molecule has 0 saturated carbocycles. The van der Waals surface area contributed by atoms with Gasteiger partial charge in [-0.15, -0.1) is 0 Å². The maximum Gasteiger partial charge on any atom is 0.245 e. The molecular weight excluding hydrogens is 226 g/mol. The summed E-state index contributed by atoms with van der Waals surface area (Å²) in [5.74, 6) is 0.177. The quantitative estimate of drug-likeness (QED) is 0.863. The molecule has 98 valence electrons. The number of likely N-dealkylation sites (N-methyl/N-ethyl adjacent to an activating group) is 2. The van der Waals surface area contributed by atoms with Crippen LogP contribution in [0.2, 0.25) is 0 Å². The van der Waals surface area contributed by atoms with Gasteiger partial charge in [-0.2, -0.15) is 0 Å². The number of amides is 1. The summed E-state index contributed by atoms with van der Waals surface area (Å²) >= 11 is 0. The zero-order valence-corrected chi connectivity index (χ0v) is 11.3. The molecule has 0 bridgehead atoms. The van der Waals surface area contributed by atoms with E-state index in [1.165, 1.54) is 0 Å². The number of rotatable bonds is 3. The van der Waals surface area contributed by atoms with E-state index in [-0.39, 0.29) is 11.9 Å². The molecule has 1 amide bonds. The van der Waals surface area contributed by atoms with Gasteiger partial charge in [0.25, 0.3) is 0 Å². The van der Waals surface area contributed by atoms with Crippen molar-refractivity contribution in [1.82, 2.24) is 10.2 Å². The predicted molar refractivity (Wildman–Crippen MR) is 73.7 cm³/mol. The van der Waals surface area contributed by atoms with E-state index < -0.39 is 0 Å². The van der Waals surface area contributed by atoms with E-state index >= 15 is 0 Å². The Labute approximate surface area is 109 Å². The highest BCUT2D eigenvalue weighted by molar-refractivity contribution is 5.98. The van der Waals surface area contributed by atoms with Crippen LogP contribution in [-0.2, 0) is 4.79 Å². The third kappa shape index (κ3) is 2.40. The van der Waals surface area contributed by atoms with Crippen molar-refractivity contribution < 1.29 is 4.79 Å². The number of piperazine rings is 1. The highest BCUT2D eigenvalue weighted by atomic mass is 16.2. The lowest BCUT2D eigenvalue weighted by Crippen LogP contribution is -2.62. The number of benzene rings is 1. The highest BCUT2D eigenvalue weighted by Gasteiger charge is 2.36. The first-order valence-corrected chi connectivity index (χ1v) is 6.38. The summed E-state index contributed by atoms with van der Waals surface area (Å²) in [5, 5.41) is 3.10. The van der Waals surface area contributed by atoms with E-state index in [0.29, 0.717) is 12.6 Å². The fourth-order valence-electron chi connectivity index (χ4n) is 2.41. The maximum absolute atomic E-state index is 12.5. The van der Waals surface area contributed by atoms with E-state index in [1.54, 1.807) is 0 Å². The molecule has 0 aromatic heterocycles. The second kappa shape index (κ2) is 5.50. The van der Waals surface area contributed by atoms with Gasteiger partial charge in [0, 0.05) is 24.8 Å². The molecule has 4 nitrogen and oxygen atoms in total. The van der Waals surface area contributed by atoms with Gasteiger partial charge in [0.2, 0.25) is 5.91 Å². The molecule has 1 saturated heterocycles. The highest BCUT2D eigenvalue weighted by Crippen LogP contribution is 2.22. The van der Waals surface area contributed by atoms with Gasteiger partial charge >= 0.3 is 0 Å². The van der Waals surface area contributed by atoms with Crippen LogP contribution in [0.3, 0.4) is 0 Å². The van der Waals surface area contributed by atoms with E-state index in [0.717, 1.165) is 12.2 Å². The monoisotopic (exact) mass is 247 g/mol. The van der Waals surface area contributed by atoms with Gasteiger partial charge in [0.05, 0.1) is 0 Å². The summed E-state index contributed by atoms with van der Waals surface area (Å²) < 4.78 is 0. The van der Waals surface area contributed by atoms with Gasteiger partial charge in [0.1, 0.15) is 6.04 Å². The standard InChI is InChI=1S/C14H21N3O/c1-11-10-17(12-7-5-4-6-8-12)14(18)13(9-15-2)16(11)3/h4-8,11,13,15H,9-10H2,1-3H3. The Hall–Kier alpha value is -1.39. The first kappa shape index (κ1) is 13.1. The second-order valence-electron chi connectivity index (χ2n) is 4.87. The van der Waals surface area contributed by atoms with Crippen molar-refractivity contribution in [1.29, 1.82) is 0 Å². The number of carbonyl (C=O) groups is 1. The molecule has 0 spiro atoms. The molecule has 1 heterocycles. The van der Waals surface area contributed by atoms with Crippen LogP contribution in [-0.4, -0.2) is 50.1 Å². The van der Waals surface area contributed by atoms with Crippen LogP contribution in [0.5, 0.6) is 0 Å². The van der Waals surface area contributed by atoms with Crippen molar-refractivity contribution in [3.63, 3.8) is 0 Å². The van der Waals surface area contributed by atoms with Gasteiger partial charge < -0.3 is 10.2 Å². The topological polar surface area (TPSA) is 35.6 Å². The molecule has 2 rings (SSSR count). The molecule has 1 aromatic rings. The van der Waals surface area contributed by atoms with Crippen LogP contribution in [0.1, 0.15) is 6.92 Å². The minimum atomic E-state index is -0.0843. The van der Waals surface area contributed by atoms with Crippen molar-refractivity contribution in [2.24, 2.45) is 0 Å². The number of nitrogens with one attached hydrogen (secondary N) is 1. The first-order chi connectivity index (χ1) is 8.65. The summed E-state index contributed by atoms with van der Waals surface area (Å²) in [6, 6.07) is 10.2. The summed E-state index contributed by atoms with van der Waals surface area (Å²) in [6.45, 7) is 3.59. The molecule has 1 aromatic carbocycles. The van der Waals surface area contributed by atoms with E-state index in [9.17, 15) is 4.79 Å². The minimum absolute atomic E-state index is 0.0843. The third-order valence-electron chi connectivity index (χ3n) is 3.65. The number of hydrogen-bond donors (Lipinski definition) is 1. The van der Waals surface area contributed by atoms with Crippen LogP contribution in [0, 0.1) is 0 Å². The Bertz CT molecular complexity index is 407. The van der Waals surface area contributed by atoms with Crippen molar-refractivity contribution in [2.75, 3.05) is 32.1 Å². The lowest BCUT2D eigenvalue weighted by atomic mass is 10.1. The van der Waals surface area contributed by atoms with Crippen LogP contribution in [0.4, 0.5) is 5.69 Å². The number of anilines is 1. The van der Waals surface area contributed by atoms with Gasteiger partial charge in [-0.05, 0) is 33.2 Å². The van der Waals surface area contributed by atoms with Crippen LogP contribution >= 0.6 is 0 Å². The van der Waals surface area contributed by atoms with Gasteiger partial charge in [0.15, 0.2) is 0 Å². The van der Waals surface area contributed by atoms with E-state index in [4.69, 9.17) is 0 Å². The SMILES string of the molecule is CNCC1C(=O)N(c2ccccc2)CC(C)N1C. The molecular formula is C14H21N3O. The molecule has 0 radical (unpaired) electrons. The number of para-hydroxylation sites is 1. The van der Waals surface area contributed by atoms with Crippen molar-refractivity contribution in [2.45, 2.75) is 19.0 Å². The fraction of sp³-hybridized carbons (Fsp3) is 0.500.